The number of rotatable bonds is 6. The summed E-state index contributed by atoms with van der Waals surface area (Å²) in [4.78, 5) is 27.9. The van der Waals surface area contributed by atoms with Crippen LogP contribution in [0.2, 0.25) is 5.02 Å². The van der Waals surface area contributed by atoms with Crippen molar-refractivity contribution in [2.75, 3.05) is 14.2 Å². The van der Waals surface area contributed by atoms with Gasteiger partial charge in [0.25, 0.3) is 11.7 Å². The predicted molar refractivity (Wildman–Crippen MR) is 133 cm³/mol. The van der Waals surface area contributed by atoms with E-state index < -0.39 is 17.7 Å². The van der Waals surface area contributed by atoms with Crippen molar-refractivity contribution in [2.45, 2.75) is 12.6 Å². The summed E-state index contributed by atoms with van der Waals surface area (Å²) in [5.41, 5.74) is 1.76. The van der Waals surface area contributed by atoms with Crippen molar-refractivity contribution in [3.63, 3.8) is 0 Å². The second-order valence-electron chi connectivity index (χ2n) is 7.64. The van der Waals surface area contributed by atoms with Gasteiger partial charge in [-0.2, -0.15) is 0 Å². The van der Waals surface area contributed by atoms with Crippen LogP contribution >= 0.6 is 27.5 Å². The highest BCUT2D eigenvalue weighted by Crippen LogP contribution is 2.42. The number of hydrogen-bond donors (Lipinski definition) is 1. The third-order valence-corrected chi connectivity index (χ3v) is 6.56. The first-order chi connectivity index (χ1) is 16.3. The number of para-hydroxylation sites is 1. The van der Waals surface area contributed by atoms with Gasteiger partial charge in [0.15, 0.2) is 0 Å². The first kappa shape index (κ1) is 23.9. The normalized spacial score (nSPS) is 17.2. The van der Waals surface area contributed by atoms with E-state index in [0.29, 0.717) is 32.1 Å². The first-order valence-corrected chi connectivity index (χ1v) is 11.5. The fourth-order valence-corrected chi connectivity index (χ4v) is 4.69. The van der Waals surface area contributed by atoms with E-state index in [1.165, 1.54) is 12.0 Å². The molecule has 6 nitrogen and oxygen atoms in total. The summed E-state index contributed by atoms with van der Waals surface area (Å²) >= 11 is 9.48. The number of methoxy groups -OCH3 is 2. The number of carbonyl (C=O) groups is 2. The van der Waals surface area contributed by atoms with Gasteiger partial charge in [-0.15, -0.1) is 0 Å². The quantitative estimate of drug-likeness (QED) is 0.244. The van der Waals surface area contributed by atoms with Gasteiger partial charge in [0, 0.05) is 16.1 Å². The summed E-state index contributed by atoms with van der Waals surface area (Å²) in [7, 11) is 3.08. The Labute approximate surface area is 210 Å². The molecular weight excluding hydrogens is 522 g/mol. The third-order valence-electron chi connectivity index (χ3n) is 5.68. The minimum Gasteiger partial charge on any atom is -0.507 e. The van der Waals surface area contributed by atoms with Crippen LogP contribution in [0.4, 0.5) is 0 Å². The number of benzene rings is 3. The molecule has 0 aliphatic carbocycles. The first-order valence-electron chi connectivity index (χ1n) is 10.4. The van der Waals surface area contributed by atoms with Gasteiger partial charge in [-0.25, -0.2) is 0 Å². The van der Waals surface area contributed by atoms with E-state index in [1.54, 1.807) is 55.6 Å². The molecule has 0 bridgehead atoms. The molecule has 0 spiro atoms. The third kappa shape index (κ3) is 4.41. The largest absolute Gasteiger partial charge is 0.507 e. The minimum absolute atomic E-state index is 0.000660. The van der Waals surface area contributed by atoms with E-state index in [1.807, 2.05) is 18.2 Å². The van der Waals surface area contributed by atoms with Crippen LogP contribution in [-0.2, 0) is 16.1 Å². The molecule has 3 aromatic rings. The second-order valence-corrected chi connectivity index (χ2v) is 8.93. The van der Waals surface area contributed by atoms with Crippen molar-refractivity contribution in [3.8, 4) is 11.5 Å². The summed E-state index contributed by atoms with van der Waals surface area (Å²) in [6.07, 6.45) is 0. The Bertz CT molecular complexity index is 1290. The maximum absolute atomic E-state index is 13.2. The molecule has 34 heavy (non-hydrogen) atoms. The minimum atomic E-state index is -0.817. The van der Waals surface area contributed by atoms with Gasteiger partial charge in [0.1, 0.15) is 17.3 Å². The molecule has 1 fully saturated rings. The molecule has 4 rings (SSSR count). The SMILES string of the molecule is COc1ccc(/C(O)=C2/C(=O)C(=O)N(Cc3ccccc3OC)C2c2ccc(Cl)cc2)cc1Br. The Morgan fingerprint density at radius 2 is 1.68 bits per heavy atom. The van der Waals surface area contributed by atoms with Gasteiger partial charge < -0.3 is 19.5 Å². The highest BCUT2D eigenvalue weighted by molar-refractivity contribution is 9.10. The van der Waals surface area contributed by atoms with Gasteiger partial charge in [0.2, 0.25) is 0 Å². The summed E-state index contributed by atoms with van der Waals surface area (Å²) in [6, 6.07) is 18.3. The van der Waals surface area contributed by atoms with Crippen molar-refractivity contribution in [1.29, 1.82) is 0 Å². The number of aliphatic hydroxyl groups excluding tert-OH is 1. The topological polar surface area (TPSA) is 76.1 Å². The average molecular weight is 543 g/mol. The van der Waals surface area contributed by atoms with Crippen LogP contribution in [0.25, 0.3) is 5.76 Å². The van der Waals surface area contributed by atoms with E-state index in [0.717, 1.165) is 5.56 Å². The molecule has 1 heterocycles. The molecule has 0 saturated carbocycles. The van der Waals surface area contributed by atoms with Crippen LogP contribution in [0, 0.1) is 0 Å². The smallest absolute Gasteiger partial charge is 0.295 e. The number of amides is 1. The molecule has 1 N–H and O–H groups in total. The lowest BCUT2D eigenvalue weighted by Gasteiger charge is -2.26. The lowest BCUT2D eigenvalue weighted by atomic mass is 9.95. The van der Waals surface area contributed by atoms with E-state index >= 15 is 0 Å². The van der Waals surface area contributed by atoms with Gasteiger partial charge in [-0.05, 0) is 57.9 Å². The molecule has 174 valence electrons. The fraction of sp³-hybridized carbons (Fsp3) is 0.154. The molecule has 1 aliphatic rings. The molecule has 1 amide bonds. The summed E-state index contributed by atoms with van der Waals surface area (Å²) in [6.45, 7) is 0.116. The van der Waals surface area contributed by atoms with Crippen molar-refractivity contribution in [1.82, 2.24) is 4.90 Å². The van der Waals surface area contributed by atoms with Gasteiger partial charge >= 0.3 is 0 Å². The van der Waals surface area contributed by atoms with Gasteiger partial charge in [-0.3, -0.25) is 9.59 Å². The van der Waals surface area contributed by atoms with Crippen LogP contribution < -0.4 is 9.47 Å². The Balaban J connectivity index is 1.87. The van der Waals surface area contributed by atoms with E-state index in [9.17, 15) is 14.7 Å². The Hall–Kier alpha value is -3.29. The number of Topliss-reactive ketones (excluding diaryl/α,β-unsaturated/α-hetero) is 1. The van der Waals surface area contributed by atoms with E-state index in [-0.39, 0.29) is 17.9 Å². The standard InChI is InChI=1S/C26H21BrClNO5/c1-33-20-6-4-3-5-17(20)14-29-23(15-7-10-18(28)11-8-15)22(25(31)26(29)32)24(30)16-9-12-21(34-2)19(27)13-16/h3-13,23,30H,14H2,1-2H3/b24-22-. The van der Waals surface area contributed by atoms with E-state index in [4.69, 9.17) is 21.1 Å². The van der Waals surface area contributed by atoms with Crippen LogP contribution in [0.5, 0.6) is 11.5 Å². The molecule has 1 unspecified atom stereocenters. The van der Waals surface area contributed by atoms with Gasteiger partial charge in [0.05, 0.1) is 36.9 Å². The molecule has 0 aromatic heterocycles. The van der Waals surface area contributed by atoms with E-state index in [2.05, 4.69) is 15.9 Å². The number of likely N-dealkylation sites (tertiary alicyclic amines) is 1. The van der Waals surface area contributed by atoms with Crippen LogP contribution in [0.1, 0.15) is 22.7 Å². The predicted octanol–water partition coefficient (Wildman–Crippen LogP) is 5.74. The zero-order valence-corrected chi connectivity index (χ0v) is 20.8. The zero-order valence-electron chi connectivity index (χ0n) is 18.4. The number of nitrogens with zero attached hydrogens (tertiary/aromatic N) is 1. The summed E-state index contributed by atoms with van der Waals surface area (Å²) in [5.74, 6) is -0.579. The fourth-order valence-electron chi connectivity index (χ4n) is 4.02. The van der Waals surface area contributed by atoms with Gasteiger partial charge in [-0.1, -0.05) is 41.9 Å². The highest BCUT2D eigenvalue weighted by Gasteiger charge is 2.46. The summed E-state index contributed by atoms with van der Waals surface area (Å²) in [5, 5.41) is 11.8. The lowest BCUT2D eigenvalue weighted by Crippen LogP contribution is -2.29. The Morgan fingerprint density at radius 3 is 2.32 bits per heavy atom. The highest BCUT2D eigenvalue weighted by atomic mass is 79.9. The molecule has 8 heteroatoms. The zero-order chi connectivity index (χ0) is 24.4. The number of ether oxygens (including phenoxy) is 2. The molecule has 1 saturated heterocycles. The van der Waals surface area contributed by atoms with Crippen LogP contribution in [0.3, 0.4) is 0 Å². The second kappa shape index (κ2) is 9.91. The van der Waals surface area contributed by atoms with Crippen molar-refractivity contribution in [2.24, 2.45) is 0 Å². The van der Waals surface area contributed by atoms with Crippen molar-refractivity contribution < 1.29 is 24.2 Å². The maximum atomic E-state index is 13.2. The molecule has 0 radical (unpaired) electrons. The molecular formula is C26H21BrClNO5. The molecule has 3 aromatic carbocycles. The average Bonchev–Trinajstić information content (AvgIpc) is 3.09. The van der Waals surface area contributed by atoms with Crippen molar-refractivity contribution in [3.05, 3.63) is 98.5 Å². The molecule has 1 atom stereocenters. The monoisotopic (exact) mass is 541 g/mol. The number of hydrogen-bond acceptors (Lipinski definition) is 5. The lowest BCUT2D eigenvalue weighted by molar-refractivity contribution is -0.140. The molecule has 1 aliphatic heterocycles. The summed E-state index contributed by atoms with van der Waals surface area (Å²) < 4.78 is 11.3. The number of ketones is 1. The Kier molecular flexibility index (Phi) is 6.95. The van der Waals surface area contributed by atoms with Crippen LogP contribution in [0.15, 0.2) is 76.8 Å². The Morgan fingerprint density at radius 1 is 1.00 bits per heavy atom. The maximum Gasteiger partial charge on any atom is 0.295 e. The van der Waals surface area contributed by atoms with Crippen LogP contribution in [-0.4, -0.2) is 35.9 Å². The van der Waals surface area contributed by atoms with Crippen molar-refractivity contribution >= 4 is 45.0 Å². The number of aliphatic hydroxyl groups is 1. The number of halogens is 2. The number of carbonyl (C=O) groups excluding carboxylic acids is 2.